The van der Waals surface area contributed by atoms with E-state index in [0.29, 0.717) is 17.0 Å². The van der Waals surface area contributed by atoms with E-state index in [1.54, 1.807) is 17.6 Å². The van der Waals surface area contributed by atoms with Crippen molar-refractivity contribution in [2.75, 3.05) is 6.54 Å². The second-order valence-corrected chi connectivity index (χ2v) is 5.23. The van der Waals surface area contributed by atoms with E-state index in [9.17, 15) is 9.59 Å². The lowest BCUT2D eigenvalue weighted by atomic mass is 9.89. The Bertz CT molecular complexity index is 465. The zero-order valence-corrected chi connectivity index (χ0v) is 11.4. The maximum atomic E-state index is 12.0. The van der Waals surface area contributed by atoms with Gasteiger partial charge in [0.2, 0.25) is 0 Å². The molecule has 20 heavy (non-hydrogen) atoms. The van der Waals surface area contributed by atoms with Crippen molar-refractivity contribution in [2.45, 2.75) is 32.1 Å². The first kappa shape index (κ1) is 14.5. The number of carbonyl (C=O) groups is 2. The van der Waals surface area contributed by atoms with Crippen LogP contribution in [0, 0.1) is 5.92 Å². The van der Waals surface area contributed by atoms with Gasteiger partial charge in [-0.1, -0.05) is 19.3 Å². The minimum absolute atomic E-state index is 0.119. The van der Waals surface area contributed by atoms with Gasteiger partial charge in [0.1, 0.15) is 0 Å². The van der Waals surface area contributed by atoms with E-state index in [0.717, 1.165) is 6.54 Å². The van der Waals surface area contributed by atoms with Crippen molar-refractivity contribution in [3.05, 3.63) is 35.4 Å². The molecular weight excluding hydrogens is 256 g/mol. The van der Waals surface area contributed by atoms with E-state index >= 15 is 0 Å². The summed E-state index contributed by atoms with van der Waals surface area (Å²) in [5.41, 5.74) is 2.40. The van der Waals surface area contributed by atoms with E-state index in [1.807, 2.05) is 0 Å². The molecule has 2 amide bonds. The van der Waals surface area contributed by atoms with E-state index in [4.69, 9.17) is 5.21 Å². The van der Waals surface area contributed by atoms with Gasteiger partial charge in [0.05, 0.1) is 0 Å². The summed E-state index contributed by atoms with van der Waals surface area (Å²) in [7, 11) is 0. The molecule has 3 N–H and O–H groups in total. The number of nitrogens with one attached hydrogen (secondary N) is 2. The minimum Gasteiger partial charge on any atom is -0.352 e. The molecule has 0 aromatic heterocycles. The van der Waals surface area contributed by atoms with Crippen molar-refractivity contribution in [3.8, 4) is 0 Å². The van der Waals surface area contributed by atoms with Crippen LogP contribution in [0.2, 0.25) is 0 Å². The van der Waals surface area contributed by atoms with Gasteiger partial charge in [-0.2, -0.15) is 0 Å². The lowest BCUT2D eigenvalue weighted by molar-refractivity contribution is 0.0706. The van der Waals surface area contributed by atoms with Gasteiger partial charge in [0, 0.05) is 17.7 Å². The van der Waals surface area contributed by atoms with Crippen LogP contribution in [0.3, 0.4) is 0 Å². The zero-order valence-electron chi connectivity index (χ0n) is 11.4. The fourth-order valence-corrected chi connectivity index (χ4v) is 2.57. The molecule has 0 aliphatic heterocycles. The third-order valence-corrected chi connectivity index (χ3v) is 3.79. The third-order valence-electron chi connectivity index (χ3n) is 3.79. The quantitative estimate of drug-likeness (QED) is 0.582. The third kappa shape index (κ3) is 3.81. The molecule has 5 heteroatoms. The molecule has 0 spiro atoms. The summed E-state index contributed by atoms with van der Waals surface area (Å²) in [6, 6.07) is 6.20. The lowest BCUT2D eigenvalue weighted by Gasteiger charge is -2.21. The van der Waals surface area contributed by atoms with Gasteiger partial charge in [0.15, 0.2) is 0 Å². The van der Waals surface area contributed by atoms with Crippen molar-refractivity contribution >= 4 is 11.8 Å². The molecule has 1 aromatic carbocycles. The summed E-state index contributed by atoms with van der Waals surface area (Å²) in [4.78, 5) is 23.1. The molecule has 2 rings (SSSR count). The summed E-state index contributed by atoms with van der Waals surface area (Å²) in [5, 5.41) is 11.5. The van der Waals surface area contributed by atoms with Crippen molar-refractivity contribution in [2.24, 2.45) is 5.92 Å². The van der Waals surface area contributed by atoms with Crippen LogP contribution in [0.1, 0.15) is 52.8 Å². The first-order chi connectivity index (χ1) is 9.70. The first-order valence-corrected chi connectivity index (χ1v) is 7.03. The number of hydrogen-bond donors (Lipinski definition) is 3. The first-order valence-electron chi connectivity index (χ1n) is 7.03. The number of rotatable bonds is 4. The SMILES string of the molecule is O=C(NO)c1ccc(C(=O)NCC2CCCCC2)cc1. The molecule has 0 heterocycles. The van der Waals surface area contributed by atoms with Gasteiger partial charge in [0.25, 0.3) is 11.8 Å². The Labute approximate surface area is 118 Å². The summed E-state index contributed by atoms with van der Waals surface area (Å²) in [6.45, 7) is 0.720. The van der Waals surface area contributed by atoms with Gasteiger partial charge in [-0.15, -0.1) is 0 Å². The Kier molecular flexibility index (Phi) is 5.12. The maximum absolute atomic E-state index is 12.0. The van der Waals surface area contributed by atoms with Crippen LogP contribution in [0.25, 0.3) is 0 Å². The Morgan fingerprint density at radius 3 is 2.10 bits per heavy atom. The van der Waals surface area contributed by atoms with Crippen LogP contribution in [0.5, 0.6) is 0 Å². The van der Waals surface area contributed by atoms with Crippen LogP contribution in [0.15, 0.2) is 24.3 Å². The van der Waals surface area contributed by atoms with Gasteiger partial charge >= 0.3 is 0 Å². The highest BCUT2D eigenvalue weighted by atomic mass is 16.5. The molecule has 1 fully saturated rings. The molecule has 0 radical (unpaired) electrons. The Hall–Kier alpha value is -1.88. The second-order valence-electron chi connectivity index (χ2n) is 5.23. The van der Waals surface area contributed by atoms with Crippen molar-refractivity contribution in [3.63, 3.8) is 0 Å². The summed E-state index contributed by atoms with van der Waals surface area (Å²) >= 11 is 0. The van der Waals surface area contributed by atoms with E-state index in [1.165, 1.54) is 44.2 Å². The fraction of sp³-hybridized carbons (Fsp3) is 0.467. The Morgan fingerprint density at radius 2 is 1.55 bits per heavy atom. The number of hydroxylamine groups is 1. The normalized spacial score (nSPS) is 15.7. The molecule has 5 nitrogen and oxygen atoms in total. The average molecular weight is 276 g/mol. The number of hydrogen-bond acceptors (Lipinski definition) is 3. The number of carbonyl (C=O) groups excluding carboxylic acids is 2. The van der Waals surface area contributed by atoms with Gasteiger partial charge in [-0.3, -0.25) is 14.8 Å². The van der Waals surface area contributed by atoms with Crippen molar-refractivity contribution in [1.82, 2.24) is 10.8 Å². The standard InChI is InChI=1S/C15H20N2O3/c18-14(16-10-11-4-2-1-3-5-11)12-6-8-13(9-7-12)15(19)17-20/h6-9,11,20H,1-5,10H2,(H,16,18)(H,17,19). The van der Waals surface area contributed by atoms with Crippen molar-refractivity contribution < 1.29 is 14.8 Å². The minimum atomic E-state index is -0.584. The number of benzene rings is 1. The molecule has 1 saturated carbocycles. The Balaban J connectivity index is 1.87. The maximum Gasteiger partial charge on any atom is 0.274 e. The average Bonchev–Trinajstić information content (AvgIpc) is 2.53. The molecule has 1 aliphatic carbocycles. The van der Waals surface area contributed by atoms with Crippen LogP contribution >= 0.6 is 0 Å². The summed E-state index contributed by atoms with van der Waals surface area (Å²) < 4.78 is 0. The molecular formula is C15H20N2O3. The van der Waals surface area contributed by atoms with Gasteiger partial charge in [-0.25, -0.2) is 5.48 Å². The van der Waals surface area contributed by atoms with Crippen LogP contribution in [-0.4, -0.2) is 23.6 Å². The van der Waals surface area contributed by atoms with Crippen LogP contribution in [-0.2, 0) is 0 Å². The zero-order chi connectivity index (χ0) is 14.4. The summed E-state index contributed by atoms with van der Waals surface area (Å²) in [6.07, 6.45) is 6.20. The fourth-order valence-electron chi connectivity index (χ4n) is 2.57. The topological polar surface area (TPSA) is 78.4 Å². The highest BCUT2D eigenvalue weighted by Crippen LogP contribution is 2.22. The number of amides is 2. The molecule has 0 unspecified atom stereocenters. The molecule has 0 saturated heterocycles. The lowest BCUT2D eigenvalue weighted by Crippen LogP contribution is -2.30. The largest absolute Gasteiger partial charge is 0.352 e. The smallest absolute Gasteiger partial charge is 0.274 e. The molecule has 108 valence electrons. The predicted molar refractivity (Wildman–Crippen MR) is 74.6 cm³/mol. The van der Waals surface area contributed by atoms with Crippen molar-refractivity contribution in [1.29, 1.82) is 0 Å². The summed E-state index contributed by atoms with van der Waals surface area (Å²) in [5.74, 6) is -0.113. The van der Waals surface area contributed by atoms with Crippen LogP contribution < -0.4 is 10.8 Å². The molecule has 1 aliphatic rings. The van der Waals surface area contributed by atoms with E-state index in [-0.39, 0.29) is 5.91 Å². The van der Waals surface area contributed by atoms with E-state index in [2.05, 4.69) is 5.32 Å². The highest BCUT2D eigenvalue weighted by Gasteiger charge is 2.15. The van der Waals surface area contributed by atoms with Crippen LogP contribution in [0.4, 0.5) is 0 Å². The van der Waals surface area contributed by atoms with E-state index < -0.39 is 5.91 Å². The monoisotopic (exact) mass is 276 g/mol. The predicted octanol–water partition coefficient (Wildman–Crippen LogP) is 2.12. The van der Waals surface area contributed by atoms with Gasteiger partial charge < -0.3 is 5.32 Å². The molecule has 1 aromatic rings. The second kappa shape index (κ2) is 7.05. The molecule has 0 bridgehead atoms. The highest BCUT2D eigenvalue weighted by molar-refractivity contribution is 5.97. The van der Waals surface area contributed by atoms with Gasteiger partial charge in [-0.05, 0) is 43.0 Å². The Morgan fingerprint density at radius 1 is 1.00 bits per heavy atom. The molecule has 0 atom stereocenters.